The number of likely N-dealkylation sites (tertiary alicyclic amines) is 1. The summed E-state index contributed by atoms with van der Waals surface area (Å²) in [6.45, 7) is 8.38. The molecule has 0 bridgehead atoms. The lowest BCUT2D eigenvalue weighted by Gasteiger charge is -2.12. The lowest BCUT2D eigenvalue weighted by molar-refractivity contribution is 0.378. The van der Waals surface area contributed by atoms with Gasteiger partial charge in [0, 0.05) is 19.6 Å². The quantitative estimate of drug-likeness (QED) is 0.876. The molecule has 1 saturated heterocycles. The summed E-state index contributed by atoms with van der Waals surface area (Å²) < 4.78 is 5.11. The van der Waals surface area contributed by atoms with Crippen molar-refractivity contribution in [3.05, 3.63) is 10.5 Å². The van der Waals surface area contributed by atoms with Crippen molar-refractivity contribution in [2.75, 3.05) is 20.1 Å². The molecular weight excluding hydrogens is 258 g/mol. The van der Waals surface area contributed by atoms with Gasteiger partial charge >= 0.3 is 0 Å². The Labute approximate surface area is 118 Å². The van der Waals surface area contributed by atoms with Crippen molar-refractivity contribution >= 4 is 23.4 Å². The monoisotopic (exact) mass is 279 g/mol. The van der Waals surface area contributed by atoms with Gasteiger partial charge in [0.05, 0.1) is 5.69 Å². The number of aryl methyl sites for hydroxylation is 2. The number of hydrogen-bond acceptors (Lipinski definition) is 3. The van der Waals surface area contributed by atoms with Crippen molar-refractivity contribution in [3.63, 3.8) is 0 Å². The van der Waals surface area contributed by atoms with Gasteiger partial charge in [-0.15, -0.1) is 0 Å². The molecule has 5 nitrogen and oxygen atoms in total. The summed E-state index contributed by atoms with van der Waals surface area (Å²) in [5, 5.41) is 4.57. The maximum atomic E-state index is 5.49. The Hall–Kier alpha value is -1.14. The van der Waals surface area contributed by atoms with Gasteiger partial charge in [0.25, 0.3) is 0 Å². The van der Waals surface area contributed by atoms with E-state index in [2.05, 4.69) is 38.2 Å². The molecule has 0 amide bonds. The highest BCUT2D eigenvalue weighted by molar-refractivity contribution is 7.71. The van der Waals surface area contributed by atoms with Crippen LogP contribution in [0.2, 0.25) is 0 Å². The Balaban J connectivity index is 2.02. The minimum atomic E-state index is 0.691. The first-order chi connectivity index (χ1) is 9.10. The highest BCUT2D eigenvalue weighted by Crippen LogP contribution is 2.22. The first-order valence-electron chi connectivity index (χ1n) is 6.94. The zero-order valence-electron chi connectivity index (χ0n) is 11.8. The Kier molecular flexibility index (Phi) is 3.22. The summed E-state index contributed by atoms with van der Waals surface area (Å²) in [5.41, 5.74) is 3.28. The second-order valence-electron chi connectivity index (χ2n) is 5.56. The molecule has 2 aromatic heterocycles. The third-order valence-corrected chi connectivity index (χ3v) is 4.39. The number of nitrogens with one attached hydrogen (secondary N) is 1. The van der Waals surface area contributed by atoms with E-state index in [0.29, 0.717) is 5.92 Å². The molecule has 1 unspecified atom stereocenters. The molecular formula is C13H21N5S. The van der Waals surface area contributed by atoms with Gasteiger partial charge in [-0.25, -0.2) is 4.68 Å². The third kappa shape index (κ3) is 2.12. The SMILES string of the molecule is CCn1nc(C)c2[nH]c(=S)n(CC3CCN(C)C3)c21. The van der Waals surface area contributed by atoms with E-state index in [1.54, 1.807) is 0 Å². The van der Waals surface area contributed by atoms with Crippen LogP contribution in [0, 0.1) is 17.6 Å². The number of aromatic nitrogens is 4. The molecule has 3 rings (SSSR count). The number of H-pyrrole nitrogens is 1. The molecule has 3 heterocycles. The van der Waals surface area contributed by atoms with E-state index in [1.807, 2.05) is 6.92 Å². The second kappa shape index (κ2) is 4.76. The molecule has 0 aliphatic carbocycles. The molecule has 1 aliphatic rings. The largest absolute Gasteiger partial charge is 0.328 e. The van der Waals surface area contributed by atoms with Crippen LogP contribution in [-0.4, -0.2) is 44.4 Å². The van der Waals surface area contributed by atoms with Crippen LogP contribution >= 0.6 is 12.2 Å². The first-order valence-corrected chi connectivity index (χ1v) is 7.35. The van der Waals surface area contributed by atoms with Gasteiger partial charge in [0.15, 0.2) is 10.4 Å². The molecule has 0 radical (unpaired) electrons. The highest BCUT2D eigenvalue weighted by Gasteiger charge is 2.22. The van der Waals surface area contributed by atoms with Gasteiger partial charge in [-0.1, -0.05) is 0 Å². The van der Waals surface area contributed by atoms with Gasteiger partial charge in [0.1, 0.15) is 5.52 Å². The van der Waals surface area contributed by atoms with Gasteiger partial charge in [-0.05, 0) is 52.0 Å². The highest BCUT2D eigenvalue weighted by atomic mass is 32.1. The van der Waals surface area contributed by atoms with E-state index in [4.69, 9.17) is 12.2 Å². The number of nitrogens with zero attached hydrogens (tertiary/aromatic N) is 4. The average molecular weight is 279 g/mol. The number of imidazole rings is 1. The fraction of sp³-hybridized carbons (Fsp3) is 0.692. The smallest absolute Gasteiger partial charge is 0.179 e. The van der Waals surface area contributed by atoms with Crippen LogP contribution in [0.15, 0.2) is 0 Å². The van der Waals surface area contributed by atoms with Gasteiger partial charge < -0.3 is 14.5 Å². The zero-order chi connectivity index (χ0) is 13.6. The van der Waals surface area contributed by atoms with E-state index in [1.165, 1.54) is 13.0 Å². The van der Waals surface area contributed by atoms with Crippen LogP contribution in [0.4, 0.5) is 0 Å². The van der Waals surface area contributed by atoms with Crippen LogP contribution < -0.4 is 0 Å². The number of rotatable bonds is 3. The Bertz CT molecular complexity index is 650. The Morgan fingerprint density at radius 2 is 2.26 bits per heavy atom. The lowest BCUT2D eigenvalue weighted by Crippen LogP contribution is -2.18. The van der Waals surface area contributed by atoms with E-state index in [-0.39, 0.29) is 0 Å². The third-order valence-electron chi connectivity index (χ3n) is 4.06. The number of fused-ring (bicyclic) bond motifs is 1. The van der Waals surface area contributed by atoms with Crippen LogP contribution in [0.1, 0.15) is 19.0 Å². The summed E-state index contributed by atoms with van der Waals surface area (Å²) in [6, 6.07) is 0. The maximum absolute atomic E-state index is 5.49. The van der Waals surface area contributed by atoms with Crippen molar-refractivity contribution < 1.29 is 0 Å². The lowest BCUT2D eigenvalue weighted by atomic mass is 10.1. The fourth-order valence-corrected chi connectivity index (χ4v) is 3.35. The molecule has 19 heavy (non-hydrogen) atoms. The van der Waals surface area contributed by atoms with E-state index in [0.717, 1.165) is 41.3 Å². The molecule has 1 N–H and O–H groups in total. The minimum Gasteiger partial charge on any atom is -0.328 e. The standard InChI is InChI=1S/C13H21N5S/c1-4-18-12-11(9(2)15-18)14-13(19)17(12)8-10-5-6-16(3)7-10/h10H,4-8H2,1-3H3,(H,14,19). The number of hydrogen-bond donors (Lipinski definition) is 1. The van der Waals surface area contributed by atoms with Crippen LogP contribution in [0.25, 0.3) is 11.2 Å². The van der Waals surface area contributed by atoms with Gasteiger partial charge in [0.2, 0.25) is 0 Å². The summed E-state index contributed by atoms with van der Waals surface area (Å²) in [4.78, 5) is 5.71. The topological polar surface area (TPSA) is 41.8 Å². The van der Waals surface area contributed by atoms with E-state index >= 15 is 0 Å². The molecule has 0 spiro atoms. The summed E-state index contributed by atoms with van der Waals surface area (Å²) >= 11 is 5.49. The molecule has 1 fully saturated rings. The minimum absolute atomic E-state index is 0.691. The average Bonchev–Trinajstić information content (AvgIpc) is 3.00. The summed E-state index contributed by atoms with van der Waals surface area (Å²) in [7, 11) is 2.19. The molecule has 0 saturated carbocycles. The fourth-order valence-electron chi connectivity index (χ4n) is 3.08. The normalized spacial score (nSPS) is 20.7. The van der Waals surface area contributed by atoms with Crippen LogP contribution in [0.5, 0.6) is 0 Å². The van der Waals surface area contributed by atoms with Crippen molar-refractivity contribution in [2.45, 2.75) is 33.4 Å². The summed E-state index contributed by atoms with van der Waals surface area (Å²) in [6.07, 6.45) is 1.25. The molecule has 6 heteroatoms. The Morgan fingerprint density at radius 1 is 1.47 bits per heavy atom. The van der Waals surface area contributed by atoms with Crippen molar-refractivity contribution in [3.8, 4) is 0 Å². The molecule has 1 atom stereocenters. The summed E-state index contributed by atoms with van der Waals surface area (Å²) in [5.74, 6) is 0.691. The van der Waals surface area contributed by atoms with Crippen LogP contribution in [-0.2, 0) is 13.1 Å². The zero-order valence-corrected chi connectivity index (χ0v) is 12.6. The maximum Gasteiger partial charge on any atom is 0.179 e. The molecule has 2 aromatic rings. The molecule has 0 aromatic carbocycles. The predicted molar refractivity (Wildman–Crippen MR) is 78.9 cm³/mol. The predicted octanol–water partition coefficient (Wildman–Crippen LogP) is 2.18. The van der Waals surface area contributed by atoms with E-state index in [9.17, 15) is 0 Å². The Morgan fingerprint density at radius 3 is 2.89 bits per heavy atom. The number of aromatic amines is 1. The van der Waals surface area contributed by atoms with E-state index < -0.39 is 0 Å². The van der Waals surface area contributed by atoms with Crippen molar-refractivity contribution in [1.29, 1.82) is 0 Å². The van der Waals surface area contributed by atoms with Crippen molar-refractivity contribution in [2.24, 2.45) is 5.92 Å². The molecule has 1 aliphatic heterocycles. The van der Waals surface area contributed by atoms with Crippen molar-refractivity contribution in [1.82, 2.24) is 24.2 Å². The van der Waals surface area contributed by atoms with Crippen LogP contribution in [0.3, 0.4) is 0 Å². The molecule has 104 valence electrons. The van der Waals surface area contributed by atoms with Gasteiger partial charge in [-0.3, -0.25) is 0 Å². The van der Waals surface area contributed by atoms with Gasteiger partial charge in [-0.2, -0.15) is 5.10 Å². The first kappa shape index (κ1) is 12.9. The second-order valence-corrected chi connectivity index (χ2v) is 5.94.